The lowest BCUT2D eigenvalue weighted by Crippen LogP contribution is -2.09. The van der Waals surface area contributed by atoms with Crippen LogP contribution in [-0.4, -0.2) is 41.5 Å². The van der Waals surface area contributed by atoms with Gasteiger partial charge < -0.3 is 14.5 Å². The largest absolute Gasteiger partial charge is 0.382 e. The predicted octanol–water partition coefficient (Wildman–Crippen LogP) is 2.07. The standard InChI is InChI=1S/C12H17N3O2S/c1-9-7-10-11(13-8-9)15(12(18)14-10)3-4-17-6-5-16-2/h7-8H,3-6H2,1-2H3,(H,14,18). The van der Waals surface area contributed by atoms with Crippen molar-refractivity contribution in [1.82, 2.24) is 14.5 Å². The fraction of sp³-hybridized carbons (Fsp3) is 0.500. The molecular formula is C12H17N3O2S. The maximum atomic E-state index is 5.44. The first-order valence-corrected chi connectivity index (χ1v) is 6.25. The lowest BCUT2D eigenvalue weighted by molar-refractivity contribution is 0.0668. The summed E-state index contributed by atoms with van der Waals surface area (Å²) in [6.07, 6.45) is 1.84. The Balaban J connectivity index is 2.08. The summed E-state index contributed by atoms with van der Waals surface area (Å²) >= 11 is 5.28. The van der Waals surface area contributed by atoms with Gasteiger partial charge in [-0.2, -0.15) is 0 Å². The van der Waals surface area contributed by atoms with Crippen molar-refractivity contribution < 1.29 is 9.47 Å². The maximum Gasteiger partial charge on any atom is 0.179 e. The van der Waals surface area contributed by atoms with Gasteiger partial charge in [0.25, 0.3) is 0 Å². The zero-order valence-electron chi connectivity index (χ0n) is 10.6. The molecule has 98 valence electrons. The van der Waals surface area contributed by atoms with Gasteiger partial charge in [-0.25, -0.2) is 4.98 Å². The third-order valence-corrected chi connectivity index (χ3v) is 2.96. The molecule has 18 heavy (non-hydrogen) atoms. The molecule has 0 aliphatic rings. The highest BCUT2D eigenvalue weighted by Crippen LogP contribution is 2.12. The van der Waals surface area contributed by atoms with Crippen molar-refractivity contribution in [1.29, 1.82) is 0 Å². The normalized spacial score (nSPS) is 11.2. The van der Waals surface area contributed by atoms with E-state index in [1.54, 1.807) is 7.11 Å². The number of hydrogen-bond donors (Lipinski definition) is 1. The molecule has 0 aromatic carbocycles. The first-order chi connectivity index (χ1) is 8.72. The van der Waals surface area contributed by atoms with Gasteiger partial charge in [-0.3, -0.25) is 4.57 Å². The van der Waals surface area contributed by atoms with Crippen molar-refractivity contribution in [2.75, 3.05) is 26.9 Å². The molecule has 0 amide bonds. The molecule has 0 fully saturated rings. The number of ether oxygens (including phenoxy) is 2. The molecule has 2 aromatic rings. The molecule has 0 radical (unpaired) electrons. The number of nitrogens with one attached hydrogen (secondary N) is 1. The number of aryl methyl sites for hydroxylation is 1. The van der Waals surface area contributed by atoms with Crippen LogP contribution < -0.4 is 0 Å². The lowest BCUT2D eigenvalue weighted by atomic mass is 10.3. The molecule has 0 unspecified atom stereocenters. The molecule has 0 atom stereocenters. The average Bonchev–Trinajstić information content (AvgIpc) is 2.64. The summed E-state index contributed by atoms with van der Waals surface area (Å²) in [4.78, 5) is 7.56. The Labute approximate surface area is 111 Å². The molecule has 2 heterocycles. The second-order valence-electron chi connectivity index (χ2n) is 4.07. The number of pyridine rings is 1. The first-order valence-electron chi connectivity index (χ1n) is 5.84. The molecule has 2 aromatic heterocycles. The Morgan fingerprint density at radius 3 is 3.00 bits per heavy atom. The van der Waals surface area contributed by atoms with Gasteiger partial charge in [0.1, 0.15) is 0 Å². The zero-order chi connectivity index (χ0) is 13.0. The first kappa shape index (κ1) is 13.2. The van der Waals surface area contributed by atoms with Crippen molar-refractivity contribution in [3.63, 3.8) is 0 Å². The maximum absolute atomic E-state index is 5.44. The van der Waals surface area contributed by atoms with E-state index in [9.17, 15) is 0 Å². The van der Waals surface area contributed by atoms with Crippen LogP contribution >= 0.6 is 12.2 Å². The van der Waals surface area contributed by atoms with E-state index in [2.05, 4.69) is 9.97 Å². The van der Waals surface area contributed by atoms with Gasteiger partial charge in [0, 0.05) is 13.3 Å². The molecule has 1 N–H and O–H groups in total. The van der Waals surface area contributed by atoms with E-state index in [-0.39, 0.29) is 0 Å². The Hall–Kier alpha value is -1.24. The van der Waals surface area contributed by atoms with Crippen molar-refractivity contribution in [3.8, 4) is 0 Å². The minimum atomic E-state index is 0.596. The Bertz CT molecular complexity index is 576. The summed E-state index contributed by atoms with van der Waals surface area (Å²) in [7, 11) is 1.66. The molecule has 0 saturated heterocycles. The fourth-order valence-electron chi connectivity index (χ4n) is 1.76. The minimum Gasteiger partial charge on any atom is -0.382 e. The van der Waals surface area contributed by atoms with Gasteiger partial charge in [0.15, 0.2) is 10.4 Å². The van der Waals surface area contributed by atoms with Gasteiger partial charge in [0.2, 0.25) is 0 Å². The number of rotatable bonds is 6. The summed E-state index contributed by atoms with van der Waals surface area (Å²) in [6.45, 7) is 4.50. The van der Waals surface area contributed by atoms with Gasteiger partial charge >= 0.3 is 0 Å². The topological polar surface area (TPSA) is 52.1 Å². The highest BCUT2D eigenvalue weighted by molar-refractivity contribution is 7.71. The van der Waals surface area contributed by atoms with E-state index in [1.807, 2.05) is 23.8 Å². The SMILES string of the molecule is COCCOCCn1c(=S)[nH]c2cc(C)cnc21. The molecule has 0 saturated carbocycles. The molecular weight excluding hydrogens is 250 g/mol. The van der Waals surface area contributed by atoms with Crippen LogP contribution in [0.15, 0.2) is 12.3 Å². The molecule has 0 spiro atoms. The monoisotopic (exact) mass is 267 g/mol. The fourth-order valence-corrected chi connectivity index (χ4v) is 2.04. The molecule has 0 aliphatic carbocycles. The van der Waals surface area contributed by atoms with E-state index in [4.69, 9.17) is 21.7 Å². The van der Waals surface area contributed by atoms with E-state index in [0.717, 1.165) is 16.7 Å². The van der Waals surface area contributed by atoms with Crippen molar-refractivity contribution in [3.05, 3.63) is 22.6 Å². The van der Waals surface area contributed by atoms with Gasteiger partial charge in [-0.1, -0.05) is 0 Å². The highest BCUT2D eigenvalue weighted by atomic mass is 32.1. The minimum absolute atomic E-state index is 0.596. The molecule has 6 heteroatoms. The quantitative estimate of drug-likeness (QED) is 0.643. The molecule has 2 rings (SSSR count). The number of aromatic nitrogens is 3. The van der Waals surface area contributed by atoms with Crippen molar-refractivity contribution >= 4 is 23.4 Å². The van der Waals surface area contributed by atoms with Crippen LogP contribution in [0.1, 0.15) is 5.56 Å². The van der Waals surface area contributed by atoms with E-state index in [1.165, 1.54) is 0 Å². The summed E-state index contributed by atoms with van der Waals surface area (Å²) in [5.74, 6) is 0. The number of H-pyrrole nitrogens is 1. The summed E-state index contributed by atoms with van der Waals surface area (Å²) < 4.78 is 13.0. The van der Waals surface area contributed by atoms with E-state index >= 15 is 0 Å². The van der Waals surface area contributed by atoms with Crippen molar-refractivity contribution in [2.24, 2.45) is 0 Å². The van der Waals surface area contributed by atoms with Crippen molar-refractivity contribution in [2.45, 2.75) is 13.5 Å². The summed E-state index contributed by atoms with van der Waals surface area (Å²) in [5.41, 5.74) is 2.96. The van der Waals surface area contributed by atoms with Gasteiger partial charge in [-0.05, 0) is 30.8 Å². The Morgan fingerprint density at radius 2 is 2.22 bits per heavy atom. The van der Waals surface area contributed by atoms with Crippen LogP contribution in [0, 0.1) is 11.7 Å². The summed E-state index contributed by atoms with van der Waals surface area (Å²) in [6, 6.07) is 2.04. The number of methoxy groups -OCH3 is 1. The second-order valence-corrected chi connectivity index (χ2v) is 4.46. The Kier molecular flexibility index (Phi) is 4.46. The number of imidazole rings is 1. The second kappa shape index (κ2) is 6.08. The predicted molar refractivity (Wildman–Crippen MR) is 72.3 cm³/mol. The van der Waals surface area contributed by atoms with Gasteiger partial charge in [-0.15, -0.1) is 0 Å². The van der Waals surface area contributed by atoms with Crippen LogP contribution in [0.25, 0.3) is 11.2 Å². The van der Waals surface area contributed by atoms with Crippen LogP contribution in [0.5, 0.6) is 0 Å². The number of nitrogens with zero attached hydrogens (tertiary/aromatic N) is 2. The zero-order valence-corrected chi connectivity index (χ0v) is 11.4. The third-order valence-electron chi connectivity index (χ3n) is 2.64. The number of fused-ring (bicyclic) bond motifs is 1. The van der Waals surface area contributed by atoms with Crippen LogP contribution in [0.3, 0.4) is 0 Å². The molecule has 5 nitrogen and oxygen atoms in total. The van der Waals surface area contributed by atoms with Crippen LogP contribution in [0.4, 0.5) is 0 Å². The number of hydrogen-bond acceptors (Lipinski definition) is 4. The number of aromatic amines is 1. The van der Waals surface area contributed by atoms with Crippen LogP contribution in [0.2, 0.25) is 0 Å². The van der Waals surface area contributed by atoms with E-state index < -0.39 is 0 Å². The van der Waals surface area contributed by atoms with Gasteiger partial charge in [0.05, 0.1) is 31.9 Å². The molecule has 0 bridgehead atoms. The average molecular weight is 267 g/mol. The highest BCUT2D eigenvalue weighted by Gasteiger charge is 2.05. The smallest absolute Gasteiger partial charge is 0.179 e. The Morgan fingerprint density at radius 1 is 1.39 bits per heavy atom. The van der Waals surface area contributed by atoms with E-state index in [0.29, 0.717) is 31.1 Å². The lowest BCUT2D eigenvalue weighted by Gasteiger charge is -2.05. The summed E-state index contributed by atoms with van der Waals surface area (Å²) in [5, 5.41) is 0. The van der Waals surface area contributed by atoms with Crippen LogP contribution in [-0.2, 0) is 16.0 Å². The molecule has 0 aliphatic heterocycles. The third kappa shape index (κ3) is 2.95.